The number of carbonyl (C=O) groups excluding carboxylic acids is 1. The van der Waals surface area contributed by atoms with E-state index in [1.165, 1.54) is 6.92 Å². The third kappa shape index (κ3) is 7.13. The lowest BCUT2D eigenvalue weighted by Crippen LogP contribution is -2.45. The first-order valence-corrected chi connectivity index (χ1v) is 13.0. The van der Waals surface area contributed by atoms with Crippen molar-refractivity contribution in [2.24, 2.45) is 11.8 Å². The molecule has 6 nitrogen and oxygen atoms in total. The van der Waals surface area contributed by atoms with E-state index in [0.29, 0.717) is 19.6 Å². The van der Waals surface area contributed by atoms with E-state index < -0.39 is 8.32 Å². The second-order valence-electron chi connectivity index (χ2n) is 8.99. The van der Waals surface area contributed by atoms with Gasteiger partial charge in [-0.3, -0.25) is 4.79 Å². The van der Waals surface area contributed by atoms with Crippen molar-refractivity contribution in [1.82, 2.24) is 0 Å². The first-order valence-electron chi connectivity index (χ1n) is 10.1. The minimum absolute atomic E-state index is 0.0163. The molecule has 27 heavy (non-hydrogen) atoms. The van der Waals surface area contributed by atoms with E-state index >= 15 is 0 Å². The fraction of sp³-hybridized carbons (Fsp3) is 0.950. The molecule has 0 bridgehead atoms. The van der Waals surface area contributed by atoms with Crippen LogP contribution in [0.2, 0.25) is 18.1 Å². The molecule has 0 amide bonds. The Hall–Kier alpha value is -0.473. The van der Waals surface area contributed by atoms with Crippen LogP contribution < -0.4 is 0 Å². The van der Waals surface area contributed by atoms with Gasteiger partial charge in [0.25, 0.3) is 0 Å². The Bertz CT molecular complexity index is 462. The summed E-state index contributed by atoms with van der Waals surface area (Å²) in [5, 5.41) is 10.2. The smallest absolute Gasteiger partial charge is 0.302 e. The van der Waals surface area contributed by atoms with Gasteiger partial charge in [-0.05, 0) is 50.7 Å². The Labute approximate surface area is 166 Å². The highest BCUT2D eigenvalue weighted by Gasteiger charge is 2.48. The Morgan fingerprint density at radius 3 is 2.33 bits per heavy atom. The van der Waals surface area contributed by atoms with Crippen LogP contribution in [0.3, 0.4) is 0 Å². The molecule has 0 saturated heterocycles. The van der Waals surface area contributed by atoms with Crippen molar-refractivity contribution in [2.75, 3.05) is 19.8 Å². The third-order valence-corrected chi connectivity index (χ3v) is 10.5. The lowest BCUT2D eigenvalue weighted by atomic mass is 9.91. The number of carbonyl (C=O) groups is 1. The monoisotopic (exact) mass is 404 g/mol. The molecule has 7 heteroatoms. The number of aliphatic hydroxyl groups is 1. The number of esters is 1. The fourth-order valence-corrected chi connectivity index (χ4v) is 4.87. The summed E-state index contributed by atoms with van der Waals surface area (Å²) in [6.07, 6.45) is 0.910. The average Bonchev–Trinajstić information content (AvgIpc) is 2.81. The van der Waals surface area contributed by atoms with Gasteiger partial charge in [-0.1, -0.05) is 20.8 Å². The molecular weight excluding hydrogens is 364 g/mol. The highest BCUT2D eigenvalue weighted by atomic mass is 28.4. The van der Waals surface area contributed by atoms with Crippen LogP contribution in [-0.4, -0.2) is 57.7 Å². The average molecular weight is 405 g/mol. The van der Waals surface area contributed by atoms with E-state index in [9.17, 15) is 9.90 Å². The summed E-state index contributed by atoms with van der Waals surface area (Å²) in [6, 6.07) is 0. The predicted molar refractivity (Wildman–Crippen MR) is 108 cm³/mol. The molecule has 0 spiro atoms. The van der Waals surface area contributed by atoms with E-state index in [2.05, 4.69) is 33.9 Å². The zero-order chi connectivity index (χ0) is 20.8. The van der Waals surface area contributed by atoms with Gasteiger partial charge in [-0.25, -0.2) is 0 Å². The standard InChI is InChI=1S/C20H40O6Si/c1-9-23-15(3)25-18-12-19(26-27(7,8)20(4,5)6)16(17(18)13-21)10-11-24-14(2)22/h15-19,21H,9-13H2,1-8H3/t15?,16-,17+,18+,19-/m1/s1. The van der Waals surface area contributed by atoms with Crippen LogP contribution in [0.25, 0.3) is 0 Å². The van der Waals surface area contributed by atoms with Gasteiger partial charge in [-0.15, -0.1) is 0 Å². The summed E-state index contributed by atoms with van der Waals surface area (Å²) >= 11 is 0. The van der Waals surface area contributed by atoms with E-state index in [-0.39, 0.29) is 47.9 Å². The van der Waals surface area contributed by atoms with Crippen LogP contribution in [0.5, 0.6) is 0 Å². The number of ether oxygens (including phenoxy) is 3. The van der Waals surface area contributed by atoms with Crippen LogP contribution in [-0.2, 0) is 23.4 Å². The minimum atomic E-state index is -1.98. The predicted octanol–water partition coefficient (Wildman–Crippen LogP) is 3.73. The Morgan fingerprint density at radius 1 is 1.22 bits per heavy atom. The molecular formula is C20H40O6Si. The van der Waals surface area contributed by atoms with Crippen LogP contribution in [0.15, 0.2) is 0 Å². The number of aliphatic hydroxyl groups excluding tert-OH is 1. The van der Waals surface area contributed by atoms with Gasteiger partial charge in [0.1, 0.15) is 0 Å². The second kappa shape index (κ2) is 10.3. The Balaban J connectivity index is 2.95. The van der Waals surface area contributed by atoms with Gasteiger partial charge in [0.15, 0.2) is 14.6 Å². The van der Waals surface area contributed by atoms with Crippen molar-refractivity contribution in [3.8, 4) is 0 Å². The van der Waals surface area contributed by atoms with Gasteiger partial charge in [0, 0.05) is 26.1 Å². The second-order valence-corrected chi connectivity index (χ2v) is 13.7. The van der Waals surface area contributed by atoms with Crippen LogP contribution in [0, 0.1) is 11.8 Å². The molecule has 0 heterocycles. The Kier molecular flexibility index (Phi) is 9.41. The maximum Gasteiger partial charge on any atom is 0.302 e. The molecule has 1 fully saturated rings. The molecule has 1 aliphatic carbocycles. The molecule has 1 aliphatic rings. The summed E-state index contributed by atoms with van der Waals surface area (Å²) in [4.78, 5) is 11.2. The summed E-state index contributed by atoms with van der Waals surface area (Å²) in [6.45, 7) is 17.3. The van der Waals surface area contributed by atoms with E-state index in [0.717, 1.165) is 6.42 Å². The topological polar surface area (TPSA) is 74.2 Å². The summed E-state index contributed by atoms with van der Waals surface area (Å²) in [5.41, 5.74) is 0. The third-order valence-electron chi connectivity index (χ3n) is 5.96. The molecule has 0 aromatic rings. The molecule has 0 aromatic carbocycles. The molecule has 0 radical (unpaired) electrons. The van der Waals surface area contributed by atoms with Crippen molar-refractivity contribution in [3.63, 3.8) is 0 Å². The number of rotatable bonds is 10. The normalized spacial score (nSPS) is 27.6. The van der Waals surface area contributed by atoms with E-state index in [4.69, 9.17) is 18.6 Å². The highest BCUT2D eigenvalue weighted by molar-refractivity contribution is 6.74. The molecule has 5 atom stereocenters. The van der Waals surface area contributed by atoms with Crippen LogP contribution >= 0.6 is 0 Å². The van der Waals surface area contributed by atoms with Crippen molar-refractivity contribution >= 4 is 14.3 Å². The maximum atomic E-state index is 11.2. The maximum absolute atomic E-state index is 11.2. The number of hydrogen-bond acceptors (Lipinski definition) is 6. The zero-order valence-electron chi connectivity index (χ0n) is 18.4. The molecule has 1 saturated carbocycles. The first-order chi connectivity index (χ1) is 12.4. The van der Waals surface area contributed by atoms with Gasteiger partial charge in [0.2, 0.25) is 0 Å². The van der Waals surface area contributed by atoms with Crippen LogP contribution in [0.1, 0.15) is 54.4 Å². The highest BCUT2D eigenvalue weighted by Crippen LogP contribution is 2.44. The molecule has 1 rings (SSSR count). The minimum Gasteiger partial charge on any atom is -0.466 e. The summed E-state index contributed by atoms with van der Waals surface area (Å²) < 4.78 is 23.5. The quantitative estimate of drug-likeness (QED) is 0.340. The van der Waals surface area contributed by atoms with Gasteiger partial charge >= 0.3 is 5.97 Å². The first kappa shape index (κ1) is 24.6. The largest absolute Gasteiger partial charge is 0.466 e. The molecule has 0 aliphatic heterocycles. The lowest BCUT2D eigenvalue weighted by molar-refractivity contribution is -0.170. The molecule has 1 N–H and O–H groups in total. The summed E-state index contributed by atoms with van der Waals surface area (Å²) in [7, 11) is -1.98. The molecule has 160 valence electrons. The van der Waals surface area contributed by atoms with Crippen molar-refractivity contribution in [3.05, 3.63) is 0 Å². The Morgan fingerprint density at radius 2 is 1.85 bits per heavy atom. The van der Waals surface area contributed by atoms with E-state index in [1.54, 1.807) is 0 Å². The van der Waals surface area contributed by atoms with E-state index in [1.807, 2.05) is 13.8 Å². The number of hydrogen-bond donors (Lipinski definition) is 1. The fourth-order valence-electron chi connectivity index (χ4n) is 3.49. The van der Waals surface area contributed by atoms with Crippen molar-refractivity contribution < 1.29 is 28.5 Å². The van der Waals surface area contributed by atoms with Gasteiger partial charge in [0.05, 0.1) is 18.8 Å². The summed E-state index contributed by atoms with van der Waals surface area (Å²) in [5.74, 6) is -0.256. The van der Waals surface area contributed by atoms with Crippen molar-refractivity contribution in [1.29, 1.82) is 0 Å². The van der Waals surface area contributed by atoms with Gasteiger partial charge in [-0.2, -0.15) is 0 Å². The molecule has 1 unspecified atom stereocenters. The molecule has 0 aromatic heterocycles. The lowest BCUT2D eigenvalue weighted by Gasteiger charge is -2.40. The zero-order valence-corrected chi connectivity index (χ0v) is 19.4. The SMILES string of the molecule is CCOC(C)O[C@H]1C[C@@H](O[Si](C)(C)C(C)(C)C)[C@H](CCOC(C)=O)[C@@H]1CO. The van der Waals surface area contributed by atoms with Crippen LogP contribution in [0.4, 0.5) is 0 Å². The van der Waals surface area contributed by atoms with Crippen molar-refractivity contribution in [2.45, 2.75) is 91.0 Å². The van der Waals surface area contributed by atoms with Gasteiger partial charge < -0.3 is 23.7 Å².